The lowest BCUT2D eigenvalue weighted by molar-refractivity contribution is 0.0904. The Morgan fingerprint density at radius 1 is 1.43 bits per heavy atom. The molecule has 21 heavy (non-hydrogen) atoms. The summed E-state index contributed by atoms with van der Waals surface area (Å²) >= 11 is 3.62. The molecule has 0 amide bonds. The number of ether oxygens (including phenoxy) is 1. The second-order valence-corrected chi connectivity index (χ2v) is 6.74. The monoisotopic (exact) mass is 354 g/mol. The Kier molecular flexibility index (Phi) is 6.52. The van der Waals surface area contributed by atoms with Gasteiger partial charge < -0.3 is 10.1 Å². The van der Waals surface area contributed by atoms with Crippen molar-refractivity contribution in [3.8, 4) is 5.75 Å². The van der Waals surface area contributed by atoms with Crippen LogP contribution in [0.25, 0.3) is 0 Å². The third-order valence-corrected chi connectivity index (χ3v) is 4.84. The van der Waals surface area contributed by atoms with E-state index in [0.29, 0.717) is 12.0 Å². The van der Waals surface area contributed by atoms with Crippen LogP contribution in [-0.4, -0.2) is 38.7 Å². The fourth-order valence-corrected chi connectivity index (χ4v) is 3.93. The summed E-state index contributed by atoms with van der Waals surface area (Å²) in [4.78, 5) is 2.63. The van der Waals surface area contributed by atoms with E-state index >= 15 is 0 Å². The van der Waals surface area contributed by atoms with E-state index in [4.69, 9.17) is 4.74 Å². The third-order valence-electron chi connectivity index (χ3n) is 4.35. The van der Waals surface area contributed by atoms with Crippen LogP contribution in [0, 0.1) is 5.92 Å². The average molecular weight is 355 g/mol. The van der Waals surface area contributed by atoms with E-state index in [2.05, 4.69) is 51.3 Å². The third kappa shape index (κ3) is 3.99. The van der Waals surface area contributed by atoms with Gasteiger partial charge in [0, 0.05) is 16.1 Å². The quantitative estimate of drug-likeness (QED) is 0.839. The summed E-state index contributed by atoms with van der Waals surface area (Å²) in [7, 11) is 3.82. The Morgan fingerprint density at radius 2 is 2.24 bits per heavy atom. The fraction of sp³-hybridized carbons (Fsp3) is 0.647. The second kappa shape index (κ2) is 8.16. The van der Waals surface area contributed by atoms with Gasteiger partial charge in [-0.05, 0) is 70.1 Å². The molecule has 1 N–H and O–H groups in total. The molecule has 0 aliphatic carbocycles. The number of halogens is 1. The maximum atomic E-state index is 5.64. The molecule has 1 aromatic carbocycles. The first-order valence-electron chi connectivity index (χ1n) is 7.93. The van der Waals surface area contributed by atoms with Crippen LogP contribution < -0.4 is 10.1 Å². The van der Waals surface area contributed by atoms with E-state index in [-0.39, 0.29) is 0 Å². The van der Waals surface area contributed by atoms with Gasteiger partial charge in [-0.2, -0.15) is 0 Å². The number of rotatable bonds is 6. The number of methoxy groups -OCH3 is 1. The first-order chi connectivity index (χ1) is 10.2. The van der Waals surface area contributed by atoms with Gasteiger partial charge in [0.05, 0.1) is 7.11 Å². The normalized spacial score (nSPS) is 23.2. The van der Waals surface area contributed by atoms with Gasteiger partial charge in [0.15, 0.2) is 0 Å². The molecule has 4 heteroatoms. The standard InChI is InChI=1S/C17H27BrN2O/c1-4-9-20-10-5-6-13(12-19-2)17(20)15-11-14(18)7-8-16(15)21-3/h7-8,11,13,17,19H,4-6,9-10,12H2,1-3H3. The Balaban J connectivity index is 2.38. The highest BCUT2D eigenvalue weighted by Crippen LogP contribution is 2.40. The Hall–Kier alpha value is -0.580. The maximum Gasteiger partial charge on any atom is 0.123 e. The molecule has 1 heterocycles. The van der Waals surface area contributed by atoms with Gasteiger partial charge in [0.1, 0.15) is 5.75 Å². The van der Waals surface area contributed by atoms with Gasteiger partial charge in [-0.3, -0.25) is 4.90 Å². The van der Waals surface area contributed by atoms with Crippen LogP contribution in [0.2, 0.25) is 0 Å². The van der Waals surface area contributed by atoms with Crippen molar-refractivity contribution in [3.05, 3.63) is 28.2 Å². The first-order valence-corrected chi connectivity index (χ1v) is 8.72. The molecular weight excluding hydrogens is 328 g/mol. The minimum atomic E-state index is 0.443. The lowest BCUT2D eigenvalue weighted by Gasteiger charge is -2.42. The van der Waals surface area contributed by atoms with E-state index in [1.165, 1.54) is 31.4 Å². The zero-order valence-corrected chi connectivity index (χ0v) is 14.9. The predicted octanol–water partition coefficient (Wildman–Crippen LogP) is 3.84. The smallest absolute Gasteiger partial charge is 0.123 e. The number of benzene rings is 1. The minimum Gasteiger partial charge on any atom is -0.496 e. The molecule has 1 fully saturated rings. The van der Waals surface area contributed by atoms with E-state index in [1.54, 1.807) is 7.11 Å². The minimum absolute atomic E-state index is 0.443. The van der Waals surface area contributed by atoms with Crippen molar-refractivity contribution in [2.45, 2.75) is 32.2 Å². The van der Waals surface area contributed by atoms with Gasteiger partial charge in [-0.25, -0.2) is 0 Å². The maximum absolute atomic E-state index is 5.64. The van der Waals surface area contributed by atoms with Gasteiger partial charge in [0.25, 0.3) is 0 Å². The molecule has 0 bridgehead atoms. The van der Waals surface area contributed by atoms with Crippen molar-refractivity contribution in [3.63, 3.8) is 0 Å². The topological polar surface area (TPSA) is 24.5 Å². The lowest BCUT2D eigenvalue weighted by Crippen LogP contribution is -2.42. The van der Waals surface area contributed by atoms with Gasteiger partial charge in [-0.1, -0.05) is 22.9 Å². The van der Waals surface area contributed by atoms with Crippen molar-refractivity contribution in [2.24, 2.45) is 5.92 Å². The van der Waals surface area contributed by atoms with Crippen LogP contribution in [0.1, 0.15) is 37.8 Å². The molecule has 2 atom stereocenters. The van der Waals surface area contributed by atoms with Crippen LogP contribution >= 0.6 is 15.9 Å². The molecule has 1 aliphatic rings. The van der Waals surface area contributed by atoms with E-state index in [9.17, 15) is 0 Å². The predicted molar refractivity (Wildman–Crippen MR) is 91.9 cm³/mol. The first kappa shape index (κ1) is 16.8. The summed E-state index contributed by atoms with van der Waals surface area (Å²) in [6.45, 7) is 5.66. The highest BCUT2D eigenvalue weighted by molar-refractivity contribution is 9.10. The van der Waals surface area contributed by atoms with Crippen LogP contribution in [-0.2, 0) is 0 Å². The lowest BCUT2D eigenvalue weighted by atomic mass is 9.84. The summed E-state index contributed by atoms with van der Waals surface area (Å²) in [5.41, 5.74) is 1.32. The average Bonchev–Trinajstić information content (AvgIpc) is 2.48. The summed E-state index contributed by atoms with van der Waals surface area (Å²) in [5, 5.41) is 3.37. The largest absolute Gasteiger partial charge is 0.496 e. The van der Waals surface area contributed by atoms with Gasteiger partial charge >= 0.3 is 0 Å². The zero-order valence-electron chi connectivity index (χ0n) is 13.4. The molecule has 0 aromatic heterocycles. The molecule has 2 unspecified atom stereocenters. The molecule has 0 spiro atoms. The number of likely N-dealkylation sites (tertiary alicyclic amines) is 1. The molecule has 118 valence electrons. The highest BCUT2D eigenvalue weighted by atomic mass is 79.9. The highest BCUT2D eigenvalue weighted by Gasteiger charge is 2.33. The van der Waals surface area contributed by atoms with Crippen molar-refractivity contribution >= 4 is 15.9 Å². The summed E-state index contributed by atoms with van der Waals surface area (Å²) in [6, 6.07) is 6.82. The Morgan fingerprint density at radius 3 is 2.90 bits per heavy atom. The Labute approximate surface area is 137 Å². The molecule has 0 radical (unpaired) electrons. The van der Waals surface area contributed by atoms with Crippen molar-refractivity contribution in [1.82, 2.24) is 10.2 Å². The number of piperidine rings is 1. The molecule has 3 nitrogen and oxygen atoms in total. The zero-order chi connectivity index (χ0) is 15.2. The number of hydrogen-bond acceptors (Lipinski definition) is 3. The second-order valence-electron chi connectivity index (χ2n) is 5.83. The van der Waals surface area contributed by atoms with Crippen molar-refractivity contribution in [1.29, 1.82) is 0 Å². The molecule has 1 aliphatic heterocycles. The van der Waals surface area contributed by atoms with Crippen LogP contribution in [0.4, 0.5) is 0 Å². The summed E-state index contributed by atoms with van der Waals surface area (Å²) in [5.74, 6) is 1.64. The van der Waals surface area contributed by atoms with Gasteiger partial charge in [0.2, 0.25) is 0 Å². The summed E-state index contributed by atoms with van der Waals surface area (Å²) in [6.07, 6.45) is 3.76. The van der Waals surface area contributed by atoms with Gasteiger partial charge in [-0.15, -0.1) is 0 Å². The SMILES string of the molecule is CCCN1CCCC(CNC)C1c1cc(Br)ccc1OC. The van der Waals surface area contributed by atoms with E-state index in [0.717, 1.165) is 23.3 Å². The number of nitrogens with one attached hydrogen (secondary N) is 1. The van der Waals surface area contributed by atoms with Crippen molar-refractivity contribution in [2.75, 3.05) is 33.8 Å². The van der Waals surface area contributed by atoms with E-state index in [1.807, 2.05) is 7.05 Å². The number of nitrogens with zero attached hydrogens (tertiary/aromatic N) is 1. The fourth-order valence-electron chi connectivity index (χ4n) is 3.55. The van der Waals surface area contributed by atoms with Crippen LogP contribution in [0.15, 0.2) is 22.7 Å². The molecule has 1 saturated heterocycles. The molecule has 2 rings (SSSR count). The summed E-state index contributed by atoms with van der Waals surface area (Å²) < 4.78 is 6.77. The molecule has 1 aromatic rings. The molecular formula is C17H27BrN2O. The van der Waals surface area contributed by atoms with Crippen LogP contribution in [0.3, 0.4) is 0 Å². The Bertz CT molecular complexity index is 434. The molecule has 0 saturated carbocycles. The van der Waals surface area contributed by atoms with Crippen LogP contribution in [0.5, 0.6) is 5.75 Å². The van der Waals surface area contributed by atoms with E-state index < -0.39 is 0 Å². The van der Waals surface area contributed by atoms with Crippen molar-refractivity contribution < 1.29 is 4.74 Å². The number of hydrogen-bond donors (Lipinski definition) is 1.